The highest BCUT2D eigenvalue weighted by atomic mass is 35.5. The van der Waals surface area contributed by atoms with Crippen molar-refractivity contribution in [2.45, 2.75) is 17.7 Å². The van der Waals surface area contributed by atoms with Crippen LogP contribution in [0, 0.1) is 0 Å². The number of benzene rings is 2. The average Bonchev–Trinajstić information content (AvgIpc) is 3.49. The summed E-state index contributed by atoms with van der Waals surface area (Å²) in [4.78, 5) is 29.0. The van der Waals surface area contributed by atoms with Crippen molar-refractivity contribution in [2.24, 2.45) is 0 Å². The van der Waals surface area contributed by atoms with E-state index in [9.17, 15) is 18.0 Å². The summed E-state index contributed by atoms with van der Waals surface area (Å²) in [6.07, 6.45) is 3.23. The van der Waals surface area contributed by atoms with E-state index in [2.05, 4.69) is 15.6 Å². The van der Waals surface area contributed by atoms with Gasteiger partial charge >= 0.3 is 0 Å². The second kappa shape index (κ2) is 9.37. The molecule has 1 aliphatic rings. The average molecular weight is 491 g/mol. The number of nitrogens with zero attached hydrogens (tertiary/aromatic N) is 2. The Bertz CT molecular complexity index is 1240. The topological polar surface area (TPSA) is 108 Å². The lowest BCUT2D eigenvalue weighted by Gasteiger charge is -2.16. The van der Waals surface area contributed by atoms with E-state index in [1.54, 1.807) is 35.8 Å². The first-order valence-electron chi connectivity index (χ1n) is 9.76. The Morgan fingerprint density at radius 3 is 2.38 bits per heavy atom. The molecule has 1 saturated heterocycles. The molecule has 0 saturated carbocycles. The van der Waals surface area contributed by atoms with Crippen LogP contribution in [0.3, 0.4) is 0 Å². The molecule has 0 unspecified atom stereocenters. The summed E-state index contributed by atoms with van der Waals surface area (Å²) in [5.74, 6) is -0.867. The van der Waals surface area contributed by atoms with E-state index in [1.807, 2.05) is 0 Å². The quantitative estimate of drug-likeness (QED) is 0.541. The van der Waals surface area contributed by atoms with Crippen molar-refractivity contribution in [3.8, 4) is 0 Å². The predicted molar refractivity (Wildman–Crippen MR) is 124 cm³/mol. The van der Waals surface area contributed by atoms with Gasteiger partial charge in [0.05, 0.1) is 15.5 Å². The predicted octanol–water partition coefficient (Wildman–Crippen LogP) is 4.09. The molecular weight excluding hydrogens is 472 g/mol. The molecule has 4 rings (SSSR count). The van der Waals surface area contributed by atoms with E-state index in [4.69, 9.17) is 11.6 Å². The Morgan fingerprint density at radius 2 is 1.72 bits per heavy atom. The second-order valence-electron chi connectivity index (χ2n) is 7.08. The molecule has 2 N–H and O–H groups in total. The minimum absolute atomic E-state index is 0.0307. The number of amides is 2. The fraction of sp³-hybridized carbons (Fsp3) is 0.190. The van der Waals surface area contributed by atoms with Gasteiger partial charge in [-0.05, 0) is 55.3 Å². The second-order valence-corrected chi connectivity index (χ2v) is 10.3. The molecule has 2 amide bonds. The number of carbonyl (C=O) groups is 2. The molecule has 3 aromatic rings. The van der Waals surface area contributed by atoms with Gasteiger partial charge in [-0.3, -0.25) is 14.9 Å². The van der Waals surface area contributed by atoms with Crippen LogP contribution in [-0.2, 0) is 10.0 Å². The van der Waals surface area contributed by atoms with Crippen molar-refractivity contribution in [3.63, 3.8) is 0 Å². The lowest BCUT2D eigenvalue weighted by molar-refractivity contribution is 0.102. The lowest BCUT2D eigenvalue weighted by atomic mass is 10.1. The lowest BCUT2D eigenvalue weighted by Crippen LogP contribution is -2.28. The number of aromatic nitrogens is 1. The molecule has 0 spiro atoms. The molecule has 1 aromatic heterocycles. The maximum Gasteiger partial charge on any atom is 0.257 e. The van der Waals surface area contributed by atoms with Crippen LogP contribution in [0.4, 0.5) is 10.8 Å². The van der Waals surface area contributed by atoms with Crippen LogP contribution >= 0.6 is 22.9 Å². The van der Waals surface area contributed by atoms with Gasteiger partial charge in [0.1, 0.15) is 0 Å². The van der Waals surface area contributed by atoms with Gasteiger partial charge in [0, 0.05) is 35.9 Å². The molecule has 0 radical (unpaired) electrons. The zero-order valence-corrected chi connectivity index (χ0v) is 19.1. The van der Waals surface area contributed by atoms with Crippen molar-refractivity contribution in [1.29, 1.82) is 0 Å². The Labute approximate surface area is 194 Å². The zero-order valence-electron chi connectivity index (χ0n) is 16.7. The Balaban J connectivity index is 1.48. The van der Waals surface area contributed by atoms with Crippen molar-refractivity contribution in [1.82, 2.24) is 9.29 Å². The highest BCUT2D eigenvalue weighted by Gasteiger charge is 2.28. The molecule has 1 aliphatic heterocycles. The Morgan fingerprint density at radius 1 is 1.00 bits per heavy atom. The molecule has 0 atom stereocenters. The number of rotatable bonds is 6. The summed E-state index contributed by atoms with van der Waals surface area (Å²) in [5, 5.41) is 7.75. The third-order valence-corrected chi connectivity index (χ3v) is 7.86. The fourth-order valence-corrected chi connectivity index (χ4v) is 5.55. The number of nitrogens with one attached hydrogen (secondary N) is 2. The number of hydrogen-bond acceptors (Lipinski definition) is 6. The van der Waals surface area contributed by atoms with E-state index in [0.717, 1.165) is 12.8 Å². The first-order chi connectivity index (χ1) is 15.3. The molecule has 32 heavy (non-hydrogen) atoms. The monoisotopic (exact) mass is 490 g/mol. The van der Waals surface area contributed by atoms with E-state index in [1.165, 1.54) is 33.8 Å². The van der Waals surface area contributed by atoms with E-state index >= 15 is 0 Å². The Kier molecular flexibility index (Phi) is 6.56. The van der Waals surface area contributed by atoms with Crippen molar-refractivity contribution < 1.29 is 18.0 Å². The van der Waals surface area contributed by atoms with E-state index < -0.39 is 15.9 Å². The SMILES string of the molecule is O=C(Nc1nccs1)c1ccc(NC(=O)c2cc(S(=O)(=O)N3CCCC3)ccc2Cl)cc1. The van der Waals surface area contributed by atoms with Crippen LogP contribution in [-0.4, -0.2) is 42.6 Å². The molecule has 8 nitrogen and oxygen atoms in total. The molecule has 2 heterocycles. The molecular formula is C21H19ClN4O4S2. The Hall–Kier alpha value is -2.79. The van der Waals surface area contributed by atoms with Crippen LogP contribution in [0.2, 0.25) is 5.02 Å². The summed E-state index contributed by atoms with van der Waals surface area (Å²) in [6.45, 7) is 0.934. The summed E-state index contributed by atoms with van der Waals surface area (Å²) < 4.78 is 27.0. The first kappa shape index (κ1) is 22.4. The van der Waals surface area contributed by atoms with Gasteiger partial charge in [-0.2, -0.15) is 4.31 Å². The number of hydrogen-bond donors (Lipinski definition) is 2. The van der Waals surface area contributed by atoms with Gasteiger partial charge in [0.25, 0.3) is 11.8 Å². The first-order valence-corrected chi connectivity index (χ1v) is 12.5. The number of sulfonamides is 1. The van der Waals surface area contributed by atoms with E-state index in [0.29, 0.717) is 29.5 Å². The van der Waals surface area contributed by atoms with Crippen LogP contribution in [0.15, 0.2) is 58.9 Å². The third kappa shape index (κ3) is 4.83. The minimum atomic E-state index is -3.68. The normalized spacial score (nSPS) is 14.3. The smallest absolute Gasteiger partial charge is 0.257 e. The summed E-state index contributed by atoms with van der Waals surface area (Å²) in [6, 6.07) is 10.4. The van der Waals surface area contributed by atoms with Crippen LogP contribution < -0.4 is 10.6 Å². The summed E-state index contributed by atoms with van der Waals surface area (Å²) in [7, 11) is -3.68. The fourth-order valence-electron chi connectivity index (χ4n) is 3.27. The highest BCUT2D eigenvalue weighted by Crippen LogP contribution is 2.26. The molecule has 1 fully saturated rings. The standard InChI is InChI=1S/C21H19ClN4O4S2/c22-18-8-7-16(32(29,30)26-10-1-2-11-26)13-17(18)20(28)24-15-5-3-14(4-6-15)19(27)25-21-23-9-12-31-21/h3-9,12-13H,1-2,10-11H2,(H,24,28)(H,23,25,27). The molecule has 0 bridgehead atoms. The van der Waals surface area contributed by atoms with Crippen LogP contribution in [0.5, 0.6) is 0 Å². The minimum Gasteiger partial charge on any atom is -0.322 e. The van der Waals surface area contributed by atoms with Crippen molar-refractivity contribution in [2.75, 3.05) is 23.7 Å². The summed E-state index contributed by atoms with van der Waals surface area (Å²) in [5.41, 5.74) is 0.886. The number of halogens is 1. The zero-order chi connectivity index (χ0) is 22.7. The molecule has 0 aliphatic carbocycles. The molecule has 2 aromatic carbocycles. The molecule has 166 valence electrons. The largest absolute Gasteiger partial charge is 0.322 e. The van der Waals surface area contributed by atoms with Gasteiger partial charge in [-0.1, -0.05) is 11.6 Å². The number of carbonyl (C=O) groups excluding carboxylic acids is 2. The number of thiazole rings is 1. The van der Waals surface area contributed by atoms with E-state index in [-0.39, 0.29) is 21.4 Å². The van der Waals surface area contributed by atoms with Gasteiger partial charge in [-0.15, -0.1) is 11.3 Å². The molecule has 11 heteroatoms. The van der Waals surface area contributed by atoms with Crippen molar-refractivity contribution >= 4 is 55.6 Å². The van der Waals surface area contributed by atoms with Gasteiger partial charge in [0.2, 0.25) is 10.0 Å². The number of anilines is 2. The van der Waals surface area contributed by atoms with Gasteiger partial charge in [-0.25, -0.2) is 13.4 Å². The maximum absolute atomic E-state index is 12.8. The summed E-state index contributed by atoms with van der Waals surface area (Å²) >= 11 is 7.48. The van der Waals surface area contributed by atoms with Gasteiger partial charge < -0.3 is 5.32 Å². The van der Waals surface area contributed by atoms with Crippen LogP contribution in [0.25, 0.3) is 0 Å². The van der Waals surface area contributed by atoms with Crippen LogP contribution in [0.1, 0.15) is 33.6 Å². The highest BCUT2D eigenvalue weighted by molar-refractivity contribution is 7.89. The third-order valence-electron chi connectivity index (χ3n) is 4.94. The maximum atomic E-state index is 12.8. The van der Waals surface area contributed by atoms with Crippen molar-refractivity contribution in [3.05, 3.63) is 70.2 Å². The van der Waals surface area contributed by atoms with Gasteiger partial charge in [0.15, 0.2) is 5.13 Å².